The molecule has 0 aromatic rings. The number of carbonyl (C=O) groups is 1. The van der Waals surface area contributed by atoms with Crippen LogP contribution in [0, 0.1) is 0 Å². The Balaban J connectivity index is 2.03. The van der Waals surface area contributed by atoms with Gasteiger partial charge in [-0.05, 0) is 32.1 Å². The third-order valence-corrected chi connectivity index (χ3v) is 4.10. The first kappa shape index (κ1) is 12.6. The second-order valence-electron chi connectivity index (χ2n) is 5.27. The lowest BCUT2D eigenvalue weighted by Crippen LogP contribution is -2.45. The molecular weight excluding hydrogens is 214 g/mol. The van der Waals surface area contributed by atoms with Crippen molar-refractivity contribution in [2.75, 3.05) is 0 Å². The van der Waals surface area contributed by atoms with Crippen LogP contribution in [-0.4, -0.2) is 23.6 Å². The summed E-state index contributed by atoms with van der Waals surface area (Å²) in [5, 5.41) is 1.95. The molecule has 0 radical (unpaired) electrons. The first-order valence-corrected chi connectivity index (χ1v) is 6.89. The van der Waals surface area contributed by atoms with Crippen molar-refractivity contribution < 1.29 is 9.63 Å². The monoisotopic (exact) mass is 237 g/mol. The predicted molar refractivity (Wildman–Crippen MR) is 67.3 cm³/mol. The first-order valence-electron chi connectivity index (χ1n) is 6.89. The number of carbonyl (C=O) groups excluding carboxylic acids is 1. The molecule has 17 heavy (non-hydrogen) atoms. The topological polar surface area (TPSA) is 29.5 Å². The Hall–Kier alpha value is -0.830. The minimum absolute atomic E-state index is 0.261. The van der Waals surface area contributed by atoms with E-state index in [9.17, 15) is 4.79 Å². The molecule has 2 saturated carbocycles. The summed E-state index contributed by atoms with van der Waals surface area (Å²) in [7, 11) is 0. The Kier molecular flexibility index (Phi) is 4.60. The van der Waals surface area contributed by atoms with Gasteiger partial charge in [0, 0.05) is 6.04 Å². The summed E-state index contributed by atoms with van der Waals surface area (Å²) < 4.78 is 0. The van der Waals surface area contributed by atoms with Crippen LogP contribution < -0.4 is 0 Å². The Morgan fingerprint density at radius 3 is 2.47 bits per heavy atom. The molecule has 2 rings (SSSR count). The smallest absolute Gasteiger partial charge is 0.313 e. The van der Waals surface area contributed by atoms with E-state index in [2.05, 4.69) is 6.58 Å². The maximum atomic E-state index is 10.7. The number of nitrogens with zero attached hydrogens (tertiary/aromatic N) is 1. The van der Waals surface area contributed by atoms with E-state index in [4.69, 9.17) is 4.84 Å². The second kappa shape index (κ2) is 6.20. The minimum Gasteiger partial charge on any atom is -0.370 e. The average molecular weight is 237 g/mol. The largest absolute Gasteiger partial charge is 0.370 e. The molecule has 0 saturated heterocycles. The molecular formula is C14H23NO2. The summed E-state index contributed by atoms with van der Waals surface area (Å²) in [5.41, 5.74) is 1.24. The van der Waals surface area contributed by atoms with Gasteiger partial charge in [-0.1, -0.05) is 37.8 Å². The molecule has 2 aliphatic carbocycles. The molecule has 3 nitrogen and oxygen atoms in total. The highest BCUT2D eigenvalue weighted by Gasteiger charge is 2.32. The van der Waals surface area contributed by atoms with Crippen LogP contribution in [0.1, 0.15) is 57.8 Å². The zero-order chi connectivity index (χ0) is 12.1. The van der Waals surface area contributed by atoms with Gasteiger partial charge in [0.25, 0.3) is 0 Å². The zero-order valence-electron chi connectivity index (χ0n) is 10.6. The lowest BCUT2D eigenvalue weighted by atomic mass is 9.88. The highest BCUT2D eigenvalue weighted by molar-refractivity contribution is 5.36. The van der Waals surface area contributed by atoms with Crippen LogP contribution in [0.3, 0.4) is 0 Å². The summed E-state index contributed by atoms with van der Waals surface area (Å²) in [6.07, 6.45) is 10.7. The summed E-state index contributed by atoms with van der Waals surface area (Å²) in [4.78, 5) is 16.0. The molecule has 0 bridgehead atoms. The summed E-state index contributed by atoms with van der Waals surface area (Å²) in [6.45, 7) is 4.74. The molecule has 0 aromatic heterocycles. The minimum atomic E-state index is 0.261. The summed E-state index contributed by atoms with van der Waals surface area (Å²) >= 11 is 0. The van der Waals surface area contributed by atoms with Crippen LogP contribution in [0.4, 0.5) is 0 Å². The lowest BCUT2D eigenvalue weighted by molar-refractivity contribution is -0.202. The number of rotatable bonds is 4. The molecule has 3 heteroatoms. The lowest BCUT2D eigenvalue weighted by Gasteiger charge is -2.39. The van der Waals surface area contributed by atoms with E-state index in [1.165, 1.54) is 37.7 Å². The van der Waals surface area contributed by atoms with E-state index in [0.717, 1.165) is 25.7 Å². The SMILES string of the molecule is C=C1CCCCC1N(OC=O)C1CCCCC1. The molecule has 96 valence electrons. The second-order valence-corrected chi connectivity index (χ2v) is 5.27. The molecule has 2 fully saturated rings. The Morgan fingerprint density at radius 2 is 1.82 bits per heavy atom. The average Bonchev–Trinajstić information content (AvgIpc) is 2.38. The van der Waals surface area contributed by atoms with Crippen molar-refractivity contribution in [3.8, 4) is 0 Å². The molecule has 2 aliphatic rings. The van der Waals surface area contributed by atoms with Gasteiger partial charge in [0.1, 0.15) is 0 Å². The van der Waals surface area contributed by atoms with E-state index in [0.29, 0.717) is 12.5 Å². The van der Waals surface area contributed by atoms with Crippen LogP contribution in [0.25, 0.3) is 0 Å². The van der Waals surface area contributed by atoms with Gasteiger partial charge in [0.05, 0.1) is 6.04 Å². The van der Waals surface area contributed by atoms with Gasteiger partial charge in [-0.25, -0.2) is 0 Å². The van der Waals surface area contributed by atoms with Crippen LogP contribution >= 0.6 is 0 Å². The van der Waals surface area contributed by atoms with Crippen molar-refractivity contribution >= 4 is 6.47 Å². The Morgan fingerprint density at radius 1 is 1.12 bits per heavy atom. The van der Waals surface area contributed by atoms with Crippen molar-refractivity contribution in [2.24, 2.45) is 0 Å². The van der Waals surface area contributed by atoms with Crippen molar-refractivity contribution in [2.45, 2.75) is 69.9 Å². The zero-order valence-corrected chi connectivity index (χ0v) is 10.6. The van der Waals surface area contributed by atoms with E-state index >= 15 is 0 Å². The first-order chi connectivity index (χ1) is 8.33. The van der Waals surface area contributed by atoms with E-state index in [-0.39, 0.29) is 6.04 Å². The van der Waals surface area contributed by atoms with Crippen LogP contribution in [0.5, 0.6) is 0 Å². The highest BCUT2D eigenvalue weighted by atomic mass is 16.7. The maximum absolute atomic E-state index is 10.7. The van der Waals surface area contributed by atoms with Gasteiger partial charge in [0.2, 0.25) is 0 Å². The van der Waals surface area contributed by atoms with Crippen molar-refractivity contribution in [3.63, 3.8) is 0 Å². The third-order valence-electron chi connectivity index (χ3n) is 4.10. The molecule has 1 unspecified atom stereocenters. The van der Waals surface area contributed by atoms with Gasteiger partial charge in [0.15, 0.2) is 0 Å². The van der Waals surface area contributed by atoms with Gasteiger partial charge in [-0.15, -0.1) is 5.06 Å². The van der Waals surface area contributed by atoms with E-state index in [1.807, 2.05) is 5.06 Å². The number of hydrogen-bond acceptors (Lipinski definition) is 3. The van der Waals surface area contributed by atoms with Crippen molar-refractivity contribution in [1.82, 2.24) is 5.06 Å². The van der Waals surface area contributed by atoms with Gasteiger partial charge < -0.3 is 4.84 Å². The Labute approximate surface area is 104 Å². The number of hydrogen-bond donors (Lipinski definition) is 0. The molecule has 0 heterocycles. The van der Waals surface area contributed by atoms with Crippen LogP contribution in [0.15, 0.2) is 12.2 Å². The van der Waals surface area contributed by atoms with Gasteiger partial charge >= 0.3 is 6.47 Å². The van der Waals surface area contributed by atoms with Crippen LogP contribution in [-0.2, 0) is 9.63 Å². The fourth-order valence-electron chi connectivity index (χ4n) is 3.17. The van der Waals surface area contributed by atoms with E-state index < -0.39 is 0 Å². The van der Waals surface area contributed by atoms with Crippen molar-refractivity contribution in [3.05, 3.63) is 12.2 Å². The maximum Gasteiger partial charge on any atom is 0.313 e. The quantitative estimate of drug-likeness (QED) is 0.427. The molecule has 0 aliphatic heterocycles. The highest BCUT2D eigenvalue weighted by Crippen LogP contribution is 2.32. The number of hydroxylamine groups is 2. The Bertz CT molecular complexity index is 271. The fourth-order valence-corrected chi connectivity index (χ4v) is 3.17. The summed E-state index contributed by atoms with van der Waals surface area (Å²) in [6, 6.07) is 0.672. The fraction of sp³-hybridized carbons (Fsp3) is 0.786. The standard InChI is InChI=1S/C14H23NO2/c1-12-7-5-6-10-14(12)15(17-11-16)13-8-3-2-4-9-13/h11,13-14H,1-10H2. The van der Waals surface area contributed by atoms with Gasteiger partial charge in [-0.2, -0.15) is 0 Å². The molecule has 0 N–H and O–H groups in total. The van der Waals surface area contributed by atoms with Gasteiger partial charge in [-0.3, -0.25) is 4.79 Å². The third kappa shape index (κ3) is 3.09. The normalized spacial score (nSPS) is 27.1. The van der Waals surface area contributed by atoms with Crippen LogP contribution in [0.2, 0.25) is 0 Å². The predicted octanol–water partition coefficient (Wildman–Crippen LogP) is 3.21. The van der Waals surface area contributed by atoms with E-state index in [1.54, 1.807) is 0 Å². The molecule has 0 amide bonds. The molecule has 1 atom stereocenters. The summed E-state index contributed by atoms with van der Waals surface area (Å²) in [5.74, 6) is 0. The molecule has 0 spiro atoms. The molecule has 0 aromatic carbocycles. The van der Waals surface area contributed by atoms with Crippen molar-refractivity contribution in [1.29, 1.82) is 0 Å².